The van der Waals surface area contributed by atoms with Gasteiger partial charge in [0.2, 0.25) is 5.91 Å². The van der Waals surface area contributed by atoms with Gasteiger partial charge in [0.05, 0.1) is 0 Å². The van der Waals surface area contributed by atoms with E-state index in [1.807, 2.05) is 45.9 Å². The van der Waals surface area contributed by atoms with Gasteiger partial charge in [0, 0.05) is 5.69 Å². The number of carbonyl (C=O) groups is 2. The minimum Gasteiger partial charge on any atom is -0.352 e. The predicted molar refractivity (Wildman–Crippen MR) is 80.5 cm³/mol. The standard InChI is InChI=1S/C15H23N3O2/c1-5-9(2)13(18-15(16)20)14(19)17-12-7-6-10(3)11(4)8-12/h6-9,13H,5H2,1-4H3,(H,17,19)(H3,16,18,20). The zero-order valence-corrected chi connectivity index (χ0v) is 12.5. The van der Waals surface area contributed by atoms with E-state index in [0.717, 1.165) is 23.2 Å². The van der Waals surface area contributed by atoms with E-state index >= 15 is 0 Å². The van der Waals surface area contributed by atoms with Crippen LogP contribution in [0.2, 0.25) is 0 Å². The van der Waals surface area contributed by atoms with Crippen LogP contribution in [0, 0.1) is 19.8 Å². The van der Waals surface area contributed by atoms with Crippen LogP contribution < -0.4 is 16.4 Å². The maximum atomic E-state index is 12.3. The summed E-state index contributed by atoms with van der Waals surface area (Å²) in [4.78, 5) is 23.3. The van der Waals surface area contributed by atoms with Crippen molar-refractivity contribution in [2.75, 3.05) is 5.32 Å². The van der Waals surface area contributed by atoms with Crippen molar-refractivity contribution in [1.29, 1.82) is 0 Å². The third-order valence-electron chi connectivity index (χ3n) is 3.57. The van der Waals surface area contributed by atoms with Crippen molar-refractivity contribution in [1.82, 2.24) is 5.32 Å². The Bertz CT molecular complexity index is 500. The van der Waals surface area contributed by atoms with Gasteiger partial charge in [-0.05, 0) is 43.0 Å². The number of nitrogens with one attached hydrogen (secondary N) is 2. The Kier molecular flexibility index (Phi) is 5.55. The molecule has 1 rings (SSSR count). The van der Waals surface area contributed by atoms with Gasteiger partial charge in [-0.3, -0.25) is 4.79 Å². The molecular formula is C15H23N3O2. The second-order valence-electron chi connectivity index (χ2n) is 5.16. The molecule has 0 fully saturated rings. The Morgan fingerprint density at radius 1 is 1.25 bits per heavy atom. The number of hydrogen-bond donors (Lipinski definition) is 3. The summed E-state index contributed by atoms with van der Waals surface area (Å²) in [6.45, 7) is 7.86. The highest BCUT2D eigenvalue weighted by molar-refractivity contribution is 5.97. The van der Waals surface area contributed by atoms with Crippen molar-refractivity contribution in [3.05, 3.63) is 29.3 Å². The number of anilines is 1. The molecule has 20 heavy (non-hydrogen) atoms. The van der Waals surface area contributed by atoms with Crippen molar-refractivity contribution >= 4 is 17.6 Å². The van der Waals surface area contributed by atoms with Crippen LogP contribution >= 0.6 is 0 Å². The molecule has 2 atom stereocenters. The molecule has 0 aromatic heterocycles. The Balaban J connectivity index is 2.84. The van der Waals surface area contributed by atoms with E-state index in [-0.39, 0.29) is 11.8 Å². The van der Waals surface area contributed by atoms with Gasteiger partial charge in [-0.15, -0.1) is 0 Å². The molecule has 5 heteroatoms. The number of aryl methyl sites for hydroxylation is 2. The molecule has 110 valence electrons. The van der Waals surface area contributed by atoms with Crippen LogP contribution in [0.4, 0.5) is 10.5 Å². The summed E-state index contributed by atoms with van der Waals surface area (Å²) < 4.78 is 0. The summed E-state index contributed by atoms with van der Waals surface area (Å²) in [5.74, 6) is -0.240. The number of rotatable bonds is 5. The zero-order chi connectivity index (χ0) is 15.3. The fraction of sp³-hybridized carbons (Fsp3) is 0.467. The summed E-state index contributed by atoms with van der Waals surface area (Å²) in [6, 6.07) is 4.39. The van der Waals surface area contributed by atoms with Gasteiger partial charge < -0.3 is 16.4 Å². The fourth-order valence-corrected chi connectivity index (χ4v) is 1.89. The molecule has 0 saturated heterocycles. The lowest BCUT2D eigenvalue weighted by Crippen LogP contribution is -2.49. The molecular weight excluding hydrogens is 254 g/mol. The van der Waals surface area contributed by atoms with Gasteiger partial charge in [0.15, 0.2) is 0 Å². The molecule has 4 N–H and O–H groups in total. The highest BCUT2D eigenvalue weighted by Crippen LogP contribution is 2.16. The minimum atomic E-state index is -0.689. The van der Waals surface area contributed by atoms with Crippen LogP contribution in [0.1, 0.15) is 31.4 Å². The predicted octanol–water partition coefficient (Wildman–Crippen LogP) is 2.32. The first-order chi connectivity index (χ1) is 9.35. The molecule has 0 aliphatic carbocycles. The van der Waals surface area contributed by atoms with E-state index in [2.05, 4.69) is 10.6 Å². The summed E-state index contributed by atoms with van der Waals surface area (Å²) in [5, 5.41) is 5.32. The fourth-order valence-electron chi connectivity index (χ4n) is 1.89. The second kappa shape index (κ2) is 6.93. The maximum absolute atomic E-state index is 12.3. The molecule has 0 aliphatic rings. The van der Waals surface area contributed by atoms with Crippen molar-refractivity contribution < 1.29 is 9.59 Å². The SMILES string of the molecule is CCC(C)C(NC(N)=O)C(=O)Nc1ccc(C)c(C)c1. The molecule has 3 amide bonds. The molecule has 0 heterocycles. The third kappa shape index (κ3) is 4.26. The first-order valence-electron chi connectivity index (χ1n) is 6.79. The molecule has 1 aromatic carbocycles. The van der Waals surface area contributed by atoms with Crippen LogP contribution in [0.15, 0.2) is 18.2 Å². The number of benzene rings is 1. The highest BCUT2D eigenvalue weighted by Gasteiger charge is 2.25. The Morgan fingerprint density at radius 2 is 1.90 bits per heavy atom. The van der Waals surface area contributed by atoms with Crippen molar-refractivity contribution in [2.24, 2.45) is 11.7 Å². The average molecular weight is 277 g/mol. The van der Waals surface area contributed by atoms with Gasteiger partial charge >= 0.3 is 6.03 Å². The number of nitrogens with two attached hydrogens (primary N) is 1. The second-order valence-corrected chi connectivity index (χ2v) is 5.16. The Morgan fingerprint density at radius 3 is 2.40 bits per heavy atom. The van der Waals surface area contributed by atoms with Crippen LogP contribution in [-0.2, 0) is 4.79 Å². The molecule has 0 aliphatic heterocycles. The topological polar surface area (TPSA) is 84.2 Å². The third-order valence-corrected chi connectivity index (χ3v) is 3.57. The summed E-state index contributed by atoms with van der Waals surface area (Å²) in [6.07, 6.45) is 0.769. The Hall–Kier alpha value is -2.04. The molecule has 0 bridgehead atoms. The van der Waals surface area contributed by atoms with Crippen molar-refractivity contribution in [2.45, 2.75) is 40.2 Å². The lowest BCUT2D eigenvalue weighted by Gasteiger charge is -2.22. The van der Waals surface area contributed by atoms with E-state index in [1.165, 1.54) is 0 Å². The normalized spacial score (nSPS) is 13.4. The van der Waals surface area contributed by atoms with Crippen molar-refractivity contribution in [3.63, 3.8) is 0 Å². The molecule has 0 saturated carbocycles. The van der Waals surface area contributed by atoms with E-state index in [0.29, 0.717) is 0 Å². The highest BCUT2D eigenvalue weighted by atomic mass is 16.2. The largest absolute Gasteiger partial charge is 0.352 e. The Labute approximate surface area is 119 Å². The maximum Gasteiger partial charge on any atom is 0.312 e. The summed E-state index contributed by atoms with van der Waals surface area (Å²) >= 11 is 0. The van der Waals surface area contributed by atoms with Crippen LogP contribution in [-0.4, -0.2) is 18.0 Å². The van der Waals surface area contributed by atoms with Crippen molar-refractivity contribution in [3.8, 4) is 0 Å². The van der Waals surface area contributed by atoms with Gasteiger partial charge in [-0.2, -0.15) is 0 Å². The van der Waals surface area contributed by atoms with Crippen LogP contribution in [0.3, 0.4) is 0 Å². The molecule has 2 unspecified atom stereocenters. The number of amides is 3. The smallest absolute Gasteiger partial charge is 0.312 e. The first-order valence-corrected chi connectivity index (χ1v) is 6.79. The number of primary amides is 1. The van der Waals surface area contributed by atoms with E-state index < -0.39 is 12.1 Å². The summed E-state index contributed by atoms with van der Waals surface area (Å²) in [5.41, 5.74) is 8.12. The molecule has 0 spiro atoms. The van der Waals surface area contributed by atoms with E-state index in [4.69, 9.17) is 5.73 Å². The van der Waals surface area contributed by atoms with Gasteiger partial charge in [0.1, 0.15) is 6.04 Å². The molecule has 1 aromatic rings. The van der Waals surface area contributed by atoms with Gasteiger partial charge in [-0.25, -0.2) is 4.79 Å². The van der Waals surface area contributed by atoms with E-state index in [1.54, 1.807) is 0 Å². The van der Waals surface area contributed by atoms with Gasteiger partial charge in [0.25, 0.3) is 0 Å². The molecule has 0 radical (unpaired) electrons. The average Bonchev–Trinajstić information content (AvgIpc) is 2.39. The first kappa shape index (κ1) is 16.0. The quantitative estimate of drug-likeness (QED) is 0.771. The van der Waals surface area contributed by atoms with E-state index in [9.17, 15) is 9.59 Å². The zero-order valence-electron chi connectivity index (χ0n) is 12.5. The lowest BCUT2D eigenvalue weighted by atomic mass is 9.98. The summed E-state index contributed by atoms with van der Waals surface area (Å²) in [7, 11) is 0. The minimum absolute atomic E-state index is 0.00838. The number of urea groups is 1. The van der Waals surface area contributed by atoms with Gasteiger partial charge in [-0.1, -0.05) is 26.3 Å². The van der Waals surface area contributed by atoms with Crippen LogP contribution in [0.5, 0.6) is 0 Å². The monoisotopic (exact) mass is 277 g/mol. The number of carbonyl (C=O) groups excluding carboxylic acids is 2. The van der Waals surface area contributed by atoms with Crippen LogP contribution in [0.25, 0.3) is 0 Å². The number of hydrogen-bond acceptors (Lipinski definition) is 2. The molecule has 5 nitrogen and oxygen atoms in total. The lowest BCUT2D eigenvalue weighted by molar-refractivity contribution is -0.119.